The Hall–Kier alpha value is -1.35. The summed E-state index contributed by atoms with van der Waals surface area (Å²) in [5, 5.41) is 3.39. The van der Waals surface area contributed by atoms with Crippen LogP contribution in [0.5, 0.6) is 0 Å². The van der Waals surface area contributed by atoms with Gasteiger partial charge in [0, 0.05) is 12.2 Å². The fourth-order valence-electron chi connectivity index (χ4n) is 2.54. The van der Waals surface area contributed by atoms with Gasteiger partial charge in [0.25, 0.3) is 0 Å². The molecule has 1 aliphatic carbocycles. The van der Waals surface area contributed by atoms with Crippen LogP contribution in [0, 0.1) is 5.82 Å². The van der Waals surface area contributed by atoms with E-state index in [0.717, 1.165) is 11.3 Å². The minimum absolute atomic E-state index is 0.221. The van der Waals surface area contributed by atoms with Gasteiger partial charge in [-0.15, -0.1) is 0 Å². The molecule has 19 heavy (non-hydrogen) atoms. The van der Waals surface area contributed by atoms with Gasteiger partial charge in [0.2, 0.25) is 0 Å². The van der Waals surface area contributed by atoms with Gasteiger partial charge in [0.15, 0.2) is 0 Å². The second-order valence-electron chi connectivity index (χ2n) is 4.94. The number of anilines is 1. The summed E-state index contributed by atoms with van der Waals surface area (Å²) >= 11 is 3.21. The second-order valence-corrected chi connectivity index (χ2v) is 5.79. The summed E-state index contributed by atoms with van der Waals surface area (Å²) in [7, 11) is 0. The van der Waals surface area contributed by atoms with E-state index in [1.54, 1.807) is 6.07 Å². The molecule has 0 spiro atoms. The average Bonchev–Trinajstić information content (AvgIpc) is 2.87. The lowest BCUT2D eigenvalue weighted by atomic mass is 10.1. The van der Waals surface area contributed by atoms with Crippen LogP contribution in [0.15, 0.2) is 40.9 Å². The molecule has 0 aromatic heterocycles. The Morgan fingerprint density at radius 1 is 1.05 bits per heavy atom. The Bertz CT molecular complexity index is 610. The van der Waals surface area contributed by atoms with Gasteiger partial charge in [-0.25, -0.2) is 4.39 Å². The van der Waals surface area contributed by atoms with Crippen molar-refractivity contribution in [2.45, 2.75) is 25.8 Å². The molecule has 0 saturated carbocycles. The number of hydrogen-bond donors (Lipinski definition) is 1. The maximum atomic E-state index is 13.1. The van der Waals surface area contributed by atoms with Gasteiger partial charge in [-0.2, -0.15) is 0 Å². The standard InChI is InChI=1S/C16H15BrFN/c17-15-8-11(4-7-16(15)18)10-19-14-6-5-12-2-1-3-13(12)9-14/h4-9,19H,1-3,10H2. The molecule has 0 unspecified atom stereocenters. The molecule has 3 rings (SSSR count). The lowest BCUT2D eigenvalue weighted by Crippen LogP contribution is -2.00. The first-order valence-electron chi connectivity index (χ1n) is 6.52. The molecule has 0 atom stereocenters. The molecule has 2 aromatic rings. The van der Waals surface area contributed by atoms with Crippen LogP contribution in [0.2, 0.25) is 0 Å². The van der Waals surface area contributed by atoms with E-state index in [4.69, 9.17) is 0 Å². The monoisotopic (exact) mass is 319 g/mol. The molecule has 0 heterocycles. The van der Waals surface area contributed by atoms with Gasteiger partial charge in [0.05, 0.1) is 4.47 Å². The van der Waals surface area contributed by atoms with Gasteiger partial charge in [-0.05, 0) is 76.1 Å². The maximum Gasteiger partial charge on any atom is 0.137 e. The zero-order valence-electron chi connectivity index (χ0n) is 10.5. The molecule has 1 N–H and O–H groups in total. The number of rotatable bonds is 3. The van der Waals surface area contributed by atoms with E-state index >= 15 is 0 Å². The molecule has 1 aliphatic rings. The van der Waals surface area contributed by atoms with E-state index in [-0.39, 0.29) is 5.82 Å². The fourth-order valence-corrected chi connectivity index (χ4v) is 2.96. The minimum Gasteiger partial charge on any atom is -0.381 e. The lowest BCUT2D eigenvalue weighted by molar-refractivity contribution is 0.620. The van der Waals surface area contributed by atoms with Crippen molar-refractivity contribution < 1.29 is 4.39 Å². The van der Waals surface area contributed by atoms with Crippen LogP contribution in [-0.4, -0.2) is 0 Å². The number of nitrogens with one attached hydrogen (secondary N) is 1. The van der Waals surface area contributed by atoms with Crippen LogP contribution < -0.4 is 5.32 Å². The van der Waals surface area contributed by atoms with Crippen molar-refractivity contribution >= 4 is 21.6 Å². The van der Waals surface area contributed by atoms with Gasteiger partial charge >= 0.3 is 0 Å². The van der Waals surface area contributed by atoms with Crippen LogP contribution in [0.3, 0.4) is 0 Å². The Morgan fingerprint density at radius 2 is 1.89 bits per heavy atom. The quantitative estimate of drug-likeness (QED) is 0.865. The third-order valence-corrected chi connectivity index (χ3v) is 4.19. The van der Waals surface area contributed by atoms with E-state index in [9.17, 15) is 4.39 Å². The average molecular weight is 320 g/mol. The Kier molecular flexibility index (Phi) is 3.56. The summed E-state index contributed by atoms with van der Waals surface area (Å²) < 4.78 is 13.7. The molecule has 2 aromatic carbocycles. The van der Waals surface area contributed by atoms with Gasteiger partial charge in [-0.3, -0.25) is 0 Å². The highest BCUT2D eigenvalue weighted by Gasteiger charge is 2.10. The van der Waals surface area contributed by atoms with Crippen molar-refractivity contribution in [3.63, 3.8) is 0 Å². The zero-order valence-corrected chi connectivity index (χ0v) is 12.1. The summed E-state index contributed by atoms with van der Waals surface area (Å²) in [5.41, 5.74) is 5.15. The number of halogens is 2. The molecular formula is C16H15BrFN. The third-order valence-electron chi connectivity index (χ3n) is 3.58. The van der Waals surface area contributed by atoms with E-state index < -0.39 is 0 Å². The zero-order chi connectivity index (χ0) is 13.2. The van der Waals surface area contributed by atoms with Crippen molar-refractivity contribution in [1.29, 1.82) is 0 Å². The highest BCUT2D eigenvalue weighted by molar-refractivity contribution is 9.10. The van der Waals surface area contributed by atoms with Crippen molar-refractivity contribution in [1.82, 2.24) is 0 Å². The van der Waals surface area contributed by atoms with Crippen LogP contribution >= 0.6 is 15.9 Å². The maximum absolute atomic E-state index is 13.1. The van der Waals surface area contributed by atoms with Crippen LogP contribution in [0.1, 0.15) is 23.1 Å². The van der Waals surface area contributed by atoms with Crippen molar-refractivity contribution in [3.8, 4) is 0 Å². The molecule has 0 amide bonds. The Labute approximate surface area is 121 Å². The SMILES string of the molecule is Fc1ccc(CNc2ccc3c(c2)CCC3)cc1Br. The normalized spacial score (nSPS) is 13.4. The molecule has 0 saturated heterocycles. The predicted octanol–water partition coefficient (Wildman–Crippen LogP) is 4.69. The number of fused-ring (bicyclic) bond motifs is 1. The first-order chi connectivity index (χ1) is 9.22. The Balaban J connectivity index is 1.70. The number of benzene rings is 2. The first-order valence-corrected chi connectivity index (χ1v) is 7.31. The molecular weight excluding hydrogens is 305 g/mol. The highest BCUT2D eigenvalue weighted by Crippen LogP contribution is 2.25. The fraction of sp³-hybridized carbons (Fsp3) is 0.250. The minimum atomic E-state index is -0.221. The predicted molar refractivity (Wildman–Crippen MR) is 79.9 cm³/mol. The molecule has 0 bridgehead atoms. The van der Waals surface area contributed by atoms with E-state index in [0.29, 0.717) is 11.0 Å². The molecule has 0 fully saturated rings. The van der Waals surface area contributed by atoms with E-state index in [2.05, 4.69) is 39.4 Å². The van der Waals surface area contributed by atoms with Gasteiger partial charge < -0.3 is 5.32 Å². The van der Waals surface area contributed by atoms with Gasteiger partial charge in [0.1, 0.15) is 5.82 Å². The smallest absolute Gasteiger partial charge is 0.137 e. The summed E-state index contributed by atoms with van der Waals surface area (Å²) in [6, 6.07) is 11.7. The van der Waals surface area contributed by atoms with Crippen LogP contribution in [0.25, 0.3) is 0 Å². The third kappa shape index (κ3) is 2.81. The van der Waals surface area contributed by atoms with Crippen molar-refractivity contribution in [3.05, 3.63) is 63.4 Å². The van der Waals surface area contributed by atoms with E-state index in [1.807, 2.05) is 6.07 Å². The largest absolute Gasteiger partial charge is 0.381 e. The topological polar surface area (TPSA) is 12.0 Å². The van der Waals surface area contributed by atoms with E-state index in [1.165, 1.54) is 36.5 Å². The van der Waals surface area contributed by atoms with Crippen molar-refractivity contribution in [2.75, 3.05) is 5.32 Å². The second kappa shape index (κ2) is 5.33. The Morgan fingerprint density at radius 3 is 2.74 bits per heavy atom. The molecule has 3 heteroatoms. The molecule has 0 aliphatic heterocycles. The van der Waals surface area contributed by atoms with Crippen LogP contribution in [0.4, 0.5) is 10.1 Å². The van der Waals surface area contributed by atoms with Crippen LogP contribution in [-0.2, 0) is 19.4 Å². The summed E-state index contributed by atoms with van der Waals surface area (Å²) in [5.74, 6) is -0.221. The molecule has 98 valence electrons. The summed E-state index contributed by atoms with van der Waals surface area (Å²) in [6.45, 7) is 0.706. The highest BCUT2D eigenvalue weighted by atomic mass is 79.9. The molecule has 0 radical (unpaired) electrons. The molecule has 1 nitrogen and oxygen atoms in total. The van der Waals surface area contributed by atoms with Gasteiger partial charge in [-0.1, -0.05) is 12.1 Å². The number of hydrogen-bond acceptors (Lipinski definition) is 1. The number of aryl methyl sites for hydroxylation is 2. The van der Waals surface area contributed by atoms with Crippen molar-refractivity contribution in [2.24, 2.45) is 0 Å². The summed E-state index contributed by atoms with van der Waals surface area (Å²) in [6.07, 6.45) is 3.66. The summed E-state index contributed by atoms with van der Waals surface area (Å²) in [4.78, 5) is 0. The first kappa shape index (κ1) is 12.7. The lowest BCUT2D eigenvalue weighted by Gasteiger charge is -2.09.